The molecule has 0 saturated heterocycles. The minimum Gasteiger partial charge on any atom is -0.350 e. The largest absolute Gasteiger partial charge is 0.416 e. The van der Waals surface area contributed by atoms with E-state index in [0.29, 0.717) is 30.0 Å². The number of carbonyl (C=O) groups is 1. The number of amides is 1. The summed E-state index contributed by atoms with van der Waals surface area (Å²) in [6.07, 6.45) is 0.787. The van der Waals surface area contributed by atoms with E-state index in [2.05, 4.69) is 14.7 Å². The van der Waals surface area contributed by atoms with E-state index >= 15 is 0 Å². The second-order valence-corrected chi connectivity index (χ2v) is 7.85. The van der Waals surface area contributed by atoms with Crippen LogP contribution in [0, 0.1) is 0 Å². The maximum absolute atomic E-state index is 12.9. The Bertz CT molecular complexity index is 1400. The van der Waals surface area contributed by atoms with Gasteiger partial charge in [0.25, 0.3) is 5.91 Å². The fourth-order valence-corrected chi connectivity index (χ4v) is 4.33. The van der Waals surface area contributed by atoms with Gasteiger partial charge < -0.3 is 9.88 Å². The second kappa shape index (κ2) is 7.79. The molecule has 5 aromatic rings. The monoisotopic (exact) mass is 455 g/mol. The number of imidazole rings is 1. The van der Waals surface area contributed by atoms with E-state index in [1.165, 1.54) is 23.7 Å². The molecule has 162 valence electrons. The number of rotatable bonds is 5. The SMILES string of the molecule is O=C(NCCn1ccnc1)c1ccc2c(c1)c1csnc1n2-c1ccc(C(F)(F)F)cc1. The van der Waals surface area contributed by atoms with Gasteiger partial charge in [0.1, 0.15) is 0 Å². The fourth-order valence-electron chi connectivity index (χ4n) is 3.66. The van der Waals surface area contributed by atoms with Crippen molar-refractivity contribution in [3.8, 4) is 5.69 Å². The lowest BCUT2D eigenvalue weighted by atomic mass is 10.1. The average Bonchev–Trinajstić information content (AvgIpc) is 3.50. The highest BCUT2D eigenvalue weighted by atomic mass is 32.1. The zero-order chi connectivity index (χ0) is 22.3. The summed E-state index contributed by atoms with van der Waals surface area (Å²) in [6.45, 7) is 1.06. The van der Waals surface area contributed by atoms with Crippen LogP contribution in [0.1, 0.15) is 15.9 Å². The second-order valence-electron chi connectivity index (χ2n) is 7.22. The number of halogens is 3. The van der Waals surface area contributed by atoms with E-state index in [0.717, 1.165) is 28.4 Å². The Kier molecular flexibility index (Phi) is 4.93. The molecule has 10 heteroatoms. The number of carbonyl (C=O) groups excluding carboxylic acids is 1. The van der Waals surface area contributed by atoms with Crippen molar-refractivity contribution < 1.29 is 18.0 Å². The summed E-state index contributed by atoms with van der Waals surface area (Å²) in [5, 5.41) is 6.42. The highest BCUT2D eigenvalue weighted by molar-refractivity contribution is 7.05. The lowest BCUT2D eigenvalue weighted by molar-refractivity contribution is -0.137. The summed E-state index contributed by atoms with van der Waals surface area (Å²) in [5.74, 6) is -0.203. The quantitative estimate of drug-likeness (QED) is 0.411. The average molecular weight is 455 g/mol. The predicted octanol–water partition coefficient (Wildman–Crippen LogP) is 4.89. The summed E-state index contributed by atoms with van der Waals surface area (Å²) < 4.78 is 46.9. The lowest BCUT2D eigenvalue weighted by Gasteiger charge is -2.10. The molecule has 1 N–H and O–H groups in total. The van der Waals surface area contributed by atoms with E-state index in [4.69, 9.17) is 0 Å². The summed E-state index contributed by atoms with van der Waals surface area (Å²) in [5.41, 5.74) is 1.77. The smallest absolute Gasteiger partial charge is 0.350 e. The van der Waals surface area contributed by atoms with Gasteiger partial charge in [0.15, 0.2) is 5.65 Å². The molecule has 6 nitrogen and oxygen atoms in total. The molecule has 0 aliphatic carbocycles. The number of hydrogen-bond donors (Lipinski definition) is 1. The van der Waals surface area contributed by atoms with Gasteiger partial charge in [-0.05, 0) is 54.0 Å². The fraction of sp³-hybridized carbons (Fsp3) is 0.136. The zero-order valence-corrected chi connectivity index (χ0v) is 17.3. The van der Waals surface area contributed by atoms with Crippen LogP contribution in [0.5, 0.6) is 0 Å². The third-order valence-corrected chi connectivity index (χ3v) is 5.84. The van der Waals surface area contributed by atoms with Gasteiger partial charge >= 0.3 is 6.18 Å². The third kappa shape index (κ3) is 3.62. The number of alkyl halides is 3. The third-order valence-electron chi connectivity index (χ3n) is 5.22. The highest BCUT2D eigenvalue weighted by Gasteiger charge is 2.30. The number of benzene rings is 2. The Hall–Kier alpha value is -3.66. The van der Waals surface area contributed by atoms with Crippen LogP contribution in [-0.4, -0.2) is 30.9 Å². The molecule has 0 unspecified atom stereocenters. The molecule has 3 aromatic heterocycles. The number of hydrogen-bond acceptors (Lipinski definition) is 4. The highest BCUT2D eigenvalue weighted by Crippen LogP contribution is 2.34. The molecule has 5 rings (SSSR count). The molecule has 0 saturated carbocycles. The number of fused-ring (bicyclic) bond motifs is 3. The van der Waals surface area contributed by atoms with Gasteiger partial charge in [-0.1, -0.05) is 0 Å². The normalized spacial score (nSPS) is 12.0. The van der Waals surface area contributed by atoms with Crippen LogP contribution in [-0.2, 0) is 12.7 Å². The molecule has 0 spiro atoms. The maximum Gasteiger partial charge on any atom is 0.416 e. The lowest BCUT2D eigenvalue weighted by Crippen LogP contribution is -2.26. The van der Waals surface area contributed by atoms with Crippen LogP contribution in [0.4, 0.5) is 13.2 Å². The van der Waals surface area contributed by atoms with Gasteiger partial charge in [-0.25, -0.2) is 4.98 Å². The van der Waals surface area contributed by atoms with Gasteiger partial charge in [-0.2, -0.15) is 17.5 Å². The summed E-state index contributed by atoms with van der Waals surface area (Å²) in [7, 11) is 0. The minimum atomic E-state index is -4.40. The first kappa shape index (κ1) is 20.3. The first-order valence-corrected chi connectivity index (χ1v) is 10.6. The zero-order valence-electron chi connectivity index (χ0n) is 16.5. The molecule has 1 amide bonds. The van der Waals surface area contributed by atoms with Crippen molar-refractivity contribution in [2.45, 2.75) is 12.7 Å². The Balaban J connectivity index is 1.47. The molecular weight excluding hydrogens is 439 g/mol. The maximum atomic E-state index is 12.9. The van der Waals surface area contributed by atoms with Crippen LogP contribution in [0.25, 0.3) is 27.6 Å². The van der Waals surface area contributed by atoms with Crippen molar-refractivity contribution in [3.05, 3.63) is 77.7 Å². The van der Waals surface area contributed by atoms with Crippen LogP contribution < -0.4 is 5.32 Å². The number of aromatic nitrogens is 4. The van der Waals surface area contributed by atoms with Crippen molar-refractivity contribution >= 4 is 39.4 Å². The molecule has 3 heterocycles. The first-order valence-electron chi connectivity index (χ1n) is 9.72. The minimum absolute atomic E-state index is 0.203. The van der Waals surface area contributed by atoms with Gasteiger partial charge in [-0.15, -0.1) is 0 Å². The van der Waals surface area contributed by atoms with Gasteiger partial charge in [0.2, 0.25) is 0 Å². The van der Waals surface area contributed by atoms with Crippen LogP contribution in [0.15, 0.2) is 66.6 Å². The molecule has 0 aliphatic rings. The van der Waals surface area contributed by atoms with Crippen molar-refractivity contribution in [3.63, 3.8) is 0 Å². The molecule has 0 bridgehead atoms. The van der Waals surface area contributed by atoms with E-state index in [1.807, 2.05) is 20.7 Å². The number of nitrogens with one attached hydrogen (secondary N) is 1. The molecule has 0 atom stereocenters. The number of nitrogens with zero attached hydrogens (tertiary/aromatic N) is 4. The molecule has 0 fully saturated rings. The standard InChI is InChI=1S/C22H16F3N5OS/c23-22(24,25)15-2-4-16(5-3-15)30-19-6-1-14(11-17(19)18-12-32-28-20(18)30)21(31)27-8-10-29-9-7-26-13-29/h1-7,9,11-13H,8,10H2,(H,27,31). The summed E-state index contributed by atoms with van der Waals surface area (Å²) in [4.78, 5) is 16.6. The predicted molar refractivity (Wildman–Crippen MR) is 116 cm³/mol. The Morgan fingerprint density at radius 2 is 1.91 bits per heavy atom. The van der Waals surface area contributed by atoms with Crippen LogP contribution >= 0.6 is 11.5 Å². The topological polar surface area (TPSA) is 64.7 Å². The molecule has 32 heavy (non-hydrogen) atoms. The van der Waals surface area contributed by atoms with Crippen LogP contribution in [0.2, 0.25) is 0 Å². The molecule has 0 aliphatic heterocycles. The van der Waals surface area contributed by atoms with Gasteiger partial charge in [0.05, 0.1) is 17.4 Å². The van der Waals surface area contributed by atoms with E-state index in [9.17, 15) is 18.0 Å². The van der Waals surface area contributed by atoms with E-state index in [-0.39, 0.29) is 5.91 Å². The molecule has 2 aromatic carbocycles. The Morgan fingerprint density at radius 3 is 2.62 bits per heavy atom. The van der Waals surface area contributed by atoms with E-state index < -0.39 is 11.7 Å². The van der Waals surface area contributed by atoms with Crippen molar-refractivity contribution in [2.75, 3.05) is 6.54 Å². The Labute approximate surface area is 184 Å². The summed E-state index contributed by atoms with van der Waals surface area (Å²) >= 11 is 1.26. The van der Waals surface area contributed by atoms with Crippen molar-refractivity contribution in [1.82, 2.24) is 23.8 Å². The Morgan fingerprint density at radius 1 is 1.09 bits per heavy atom. The molecular formula is C22H16F3N5OS. The van der Waals surface area contributed by atoms with Gasteiger partial charge in [-0.3, -0.25) is 9.36 Å². The molecule has 0 radical (unpaired) electrons. The van der Waals surface area contributed by atoms with E-state index in [1.54, 1.807) is 30.7 Å². The van der Waals surface area contributed by atoms with Crippen molar-refractivity contribution in [2.24, 2.45) is 0 Å². The van der Waals surface area contributed by atoms with Crippen molar-refractivity contribution in [1.29, 1.82) is 0 Å². The van der Waals surface area contributed by atoms with Crippen LogP contribution in [0.3, 0.4) is 0 Å². The summed E-state index contributed by atoms with van der Waals surface area (Å²) in [6, 6.07) is 10.3. The first-order chi connectivity index (χ1) is 15.4. The van der Waals surface area contributed by atoms with Gasteiger partial charge in [0, 0.05) is 52.9 Å².